The third kappa shape index (κ3) is 3.11. The quantitative estimate of drug-likeness (QED) is 0.851. The molecule has 0 spiro atoms. The van der Waals surface area contributed by atoms with Gasteiger partial charge in [0, 0.05) is 24.7 Å². The third-order valence-corrected chi connectivity index (χ3v) is 8.04. The van der Waals surface area contributed by atoms with Crippen LogP contribution < -0.4 is 10.2 Å². The lowest BCUT2D eigenvalue weighted by Crippen LogP contribution is -2.43. The number of nitrogens with zero attached hydrogens (tertiary/aromatic N) is 2. The highest BCUT2D eigenvalue weighted by Gasteiger charge is 2.43. The minimum absolute atomic E-state index is 0.0269. The fraction of sp³-hybridized carbons (Fsp3) is 0.591. The van der Waals surface area contributed by atoms with E-state index in [0.29, 0.717) is 18.9 Å². The Bertz CT molecular complexity index is 939. The average molecular weight is 398 g/mol. The second-order valence-corrected chi connectivity index (χ2v) is 10.2. The fourth-order valence-electron chi connectivity index (χ4n) is 5.69. The number of nitrogens with one attached hydrogen (secondary N) is 1. The highest BCUT2D eigenvalue weighted by Crippen LogP contribution is 2.49. The second-order valence-electron chi connectivity index (χ2n) is 8.93. The summed E-state index contributed by atoms with van der Waals surface area (Å²) in [5.41, 5.74) is 1.77. The summed E-state index contributed by atoms with van der Waals surface area (Å²) in [7, 11) is 0. The summed E-state index contributed by atoms with van der Waals surface area (Å²) in [4.78, 5) is 31.7. The molecule has 2 aliphatic carbocycles. The van der Waals surface area contributed by atoms with Gasteiger partial charge < -0.3 is 10.2 Å². The maximum atomic E-state index is 12.9. The van der Waals surface area contributed by atoms with Gasteiger partial charge in [-0.25, -0.2) is 4.98 Å². The number of hydrogen-bond acceptors (Lipinski definition) is 4. The first-order chi connectivity index (χ1) is 13.5. The Balaban J connectivity index is 1.25. The van der Waals surface area contributed by atoms with E-state index in [-0.39, 0.29) is 23.8 Å². The summed E-state index contributed by atoms with van der Waals surface area (Å²) in [5, 5.41) is 4.27. The molecule has 1 N–H and O–H groups in total. The molecule has 1 aromatic heterocycles. The molecule has 2 bridgehead atoms. The first kappa shape index (κ1) is 18.1. The van der Waals surface area contributed by atoms with Crippen molar-refractivity contribution >= 4 is 39.1 Å². The Morgan fingerprint density at radius 3 is 2.93 bits per heavy atom. The van der Waals surface area contributed by atoms with Crippen LogP contribution in [0, 0.1) is 30.6 Å². The van der Waals surface area contributed by atoms with E-state index in [1.807, 2.05) is 25.1 Å². The summed E-state index contributed by atoms with van der Waals surface area (Å²) in [6, 6.07) is 6.17. The Labute approximate surface area is 169 Å². The predicted octanol–water partition coefficient (Wildman–Crippen LogP) is 3.90. The number of anilines is 1. The van der Waals surface area contributed by atoms with E-state index in [0.717, 1.165) is 32.7 Å². The Morgan fingerprint density at radius 2 is 2.18 bits per heavy atom. The molecule has 1 saturated heterocycles. The summed E-state index contributed by atoms with van der Waals surface area (Å²) in [6.07, 6.45) is 5.60. The van der Waals surface area contributed by atoms with Gasteiger partial charge in [-0.3, -0.25) is 9.59 Å². The molecule has 1 aromatic carbocycles. The smallest absolute Gasteiger partial charge is 0.227 e. The zero-order valence-corrected chi connectivity index (χ0v) is 17.3. The van der Waals surface area contributed by atoms with Crippen molar-refractivity contribution in [2.45, 2.75) is 52.0 Å². The summed E-state index contributed by atoms with van der Waals surface area (Å²) >= 11 is 1.65. The first-order valence-corrected chi connectivity index (χ1v) is 11.3. The predicted molar refractivity (Wildman–Crippen MR) is 111 cm³/mol. The van der Waals surface area contributed by atoms with Gasteiger partial charge in [-0.15, -0.1) is 11.3 Å². The van der Waals surface area contributed by atoms with E-state index in [2.05, 4.69) is 17.2 Å². The van der Waals surface area contributed by atoms with Gasteiger partial charge in [-0.05, 0) is 69.1 Å². The monoisotopic (exact) mass is 397 g/mol. The summed E-state index contributed by atoms with van der Waals surface area (Å²) < 4.78 is 1.13. The van der Waals surface area contributed by atoms with E-state index >= 15 is 0 Å². The van der Waals surface area contributed by atoms with Gasteiger partial charge >= 0.3 is 0 Å². The van der Waals surface area contributed by atoms with Gasteiger partial charge in [-0.2, -0.15) is 0 Å². The molecule has 3 aliphatic rings. The molecule has 1 aliphatic heterocycles. The SMILES string of the molecule is Cc1nc2cc(N3CC(C(=O)NC(C)C4CC5CCC4C5)CC3=O)ccc2s1. The zero-order valence-electron chi connectivity index (χ0n) is 16.5. The Kier molecular flexibility index (Phi) is 4.42. The third-order valence-electron chi connectivity index (χ3n) is 7.09. The summed E-state index contributed by atoms with van der Waals surface area (Å²) in [6.45, 7) is 4.60. The topological polar surface area (TPSA) is 62.3 Å². The number of carbonyl (C=O) groups is 2. The van der Waals surface area contributed by atoms with Crippen molar-refractivity contribution in [3.05, 3.63) is 23.2 Å². The molecule has 148 valence electrons. The molecule has 3 fully saturated rings. The number of benzene rings is 1. The number of carbonyl (C=O) groups excluding carboxylic acids is 2. The van der Waals surface area contributed by atoms with E-state index in [9.17, 15) is 9.59 Å². The van der Waals surface area contributed by atoms with Crippen molar-refractivity contribution in [1.82, 2.24) is 10.3 Å². The van der Waals surface area contributed by atoms with Crippen LogP contribution in [0.4, 0.5) is 5.69 Å². The van der Waals surface area contributed by atoms with Crippen LogP contribution in [-0.2, 0) is 9.59 Å². The molecule has 5 rings (SSSR count). The zero-order chi connectivity index (χ0) is 19.4. The van der Waals surface area contributed by atoms with Crippen LogP contribution >= 0.6 is 11.3 Å². The number of hydrogen-bond donors (Lipinski definition) is 1. The van der Waals surface area contributed by atoms with Gasteiger partial charge in [-0.1, -0.05) is 6.42 Å². The van der Waals surface area contributed by atoms with Crippen molar-refractivity contribution in [2.24, 2.45) is 23.7 Å². The van der Waals surface area contributed by atoms with Crippen LogP contribution in [0.1, 0.15) is 44.0 Å². The molecule has 0 radical (unpaired) electrons. The normalized spacial score (nSPS) is 30.4. The number of aromatic nitrogens is 1. The molecule has 2 saturated carbocycles. The molecule has 28 heavy (non-hydrogen) atoms. The lowest BCUT2D eigenvalue weighted by Gasteiger charge is -2.29. The van der Waals surface area contributed by atoms with Gasteiger partial charge in [0.1, 0.15) is 0 Å². The molecule has 2 amide bonds. The summed E-state index contributed by atoms with van der Waals surface area (Å²) in [5.74, 6) is 2.08. The highest BCUT2D eigenvalue weighted by molar-refractivity contribution is 7.18. The van der Waals surface area contributed by atoms with Crippen molar-refractivity contribution in [3.63, 3.8) is 0 Å². The van der Waals surface area contributed by atoms with Crippen molar-refractivity contribution in [1.29, 1.82) is 0 Å². The number of amides is 2. The maximum absolute atomic E-state index is 12.9. The number of thiazole rings is 1. The molecule has 5 nitrogen and oxygen atoms in total. The van der Waals surface area contributed by atoms with Gasteiger partial charge in [0.15, 0.2) is 0 Å². The largest absolute Gasteiger partial charge is 0.353 e. The van der Waals surface area contributed by atoms with E-state index in [1.54, 1.807) is 16.2 Å². The number of aryl methyl sites for hydroxylation is 1. The fourth-order valence-corrected chi connectivity index (χ4v) is 6.49. The number of fused-ring (bicyclic) bond motifs is 3. The van der Waals surface area contributed by atoms with Crippen molar-refractivity contribution in [2.75, 3.05) is 11.4 Å². The molecular formula is C22H27N3O2S. The molecule has 2 aromatic rings. The molecular weight excluding hydrogens is 370 g/mol. The van der Waals surface area contributed by atoms with Crippen LogP contribution in [0.2, 0.25) is 0 Å². The van der Waals surface area contributed by atoms with Gasteiger partial charge in [0.05, 0.1) is 21.1 Å². The van der Waals surface area contributed by atoms with E-state index in [4.69, 9.17) is 0 Å². The van der Waals surface area contributed by atoms with Gasteiger partial charge in [0.2, 0.25) is 11.8 Å². The van der Waals surface area contributed by atoms with Crippen molar-refractivity contribution < 1.29 is 9.59 Å². The molecule has 5 atom stereocenters. The number of rotatable bonds is 4. The van der Waals surface area contributed by atoms with Crippen molar-refractivity contribution in [3.8, 4) is 0 Å². The van der Waals surface area contributed by atoms with E-state index < -0.39 is 0 Å². The lowest BCUT2D eigenvalue weighted by molar-refractivity contribution is -0.127. The van der Waals surface area contributed by atoms with E-state index in [1.165, 1.54) is 25.7 Å². The van der Waals surface area contributed by atoms with Crippen LogP contribution in [0.15, 0.2) is 18.2 Å². The lowest BCUT2D eigenvalue weighted by atomic mass is 9.84. The Hall–Kier alpha value is -1.95. The molecule has 6 heteroatoms. The average Bonchev–Trinajstić information content (AvgIpc) is 3.43. The Morgan fingerprint density at radius 1 is 1.32 bits per heavy atom. The van der Waals surface area contributed by atoms with Crippen LogP contribution in [0.3, 0.4) is 0 Å². The minimum atomic E-state index is -0.263. The standard InChI is InChI=1S/C22H27N3O2S/c1-12(18-8-14-3-4-15(18)7-14)23-22(27)16-9-21(26)25(11-16)17-5-6-20-19(10-17)24-13(2)28-20/h5-6,10,12,14-16,18H,3-4,7-9,11H2,1-2H3,(H,23,27). The second kappa shape index (κ2) is 6.83. The van der Waals surface area contributed by atoms with Crippen LogP contribution in [-0.4, -0.2) is 29.4 Å². The maximum Gasteiger partial charge on any atom is 0.227 e. The molecule has 2 heterocycles. The van der Waals surface area contributed by atoms with Crippen LogP contribution in [0.5, 0.6) is 0 Å². The first-order valence-electron chi connectivity index (χ1n) is 10.5. The minimum Gasteiger partial charge on any atom is -0.353 e. The van der Waals surface area contributed by atoms with Crippen LogP contribution in [0.25, 0.3) is 10.2 Å². The molecule has 5 unspecified atom stereocenters. The van der Waals surface area contributed by atoms with Gasteiger partial charge in [0.25, 0.3) is 0 Å². The highest BCUT2D eigenvalue weighted by atomic mass is 32.1.